The number of pyridine rings is 1. The average molecular weight is 324 g/mol. The minimum absolute atomic E-state index is 0.0125. The number of anilines is 1. The lowest BCUT2D eigenvalue weighted by molar-refractivity contribution is -0.124. The highest BCUT2D eigenvalue weighted by Gasteiger charge is 2.39. The first-order valence-electron chi connectivity index (χ1n) is 8.55. The van der Waals surface area contributed by atoms with Crippen LogP contribution in [0.15, 0.2) is 54.7 Å². The van der Waals surface area contributed by atoms with Gasteiger partial charge in [0.05, 0.1) is 0 Å². The zero-order chi connectivity index (χ0) is 16.7. The van der Waals surface area contributed by atoms with Gasteiger partial charge in [0.15, 0.2) is 0 Å². The van der Waals surface area contributed by atoms with Crippen LogP contribution in [0.4, 0.5) is 5.82 Å². The minimum atomic E-state index is -0.579. The standard InChI is InChI=1S/C19H24N4O/c24-18(22-17-11-5-8-14-20-17)19(12-6-2-7-13-19)23-21-15-16-9-3-1-4-10-16/h1,3-5,8-11,14,21,23H,2,6-7,12-13,15H2,(H,20,22,24). The first-order valence-corrected chi connectivity index (χ1v) is 8.55. The molecule has 0 spiro atoms. The molecular weight excluding hydrogens is 300 g/mol. The van der Waals surface area contributed by atoms with Crippen molar-refractivity contribution in [1.29, 1.82) is 0 Å². The third-order valence-corrected chi connectivity index (χ3v) is 4.51. The Morgan fingerprint density at radius 3 is 2.46 bits per heavy atom. The number of carbonyl (C=O) groups excluding carboxylic acids is 1. The summed E-state index contributed by atoms with van der Waals surface area (Å²) in [5, 5.41) is 2.95. The molecule has 1 aromatic heterocycles. The Hall–Kier alpha value is -2.24. The number of hydrogen-bond donors (Lipinski definition) is 3. The van der Waals surface area contributed by atoms with Crippen molar-refractivity contribution in [1.82, 2.24) is 15.8 Å². The maximum absolute atomic E-state index is 12.9. The van der Waals surface area contributed by atoms with Crippen LogP contribution in [0.5, 0.6) is 0 Å². The first-order chi connectivity index (χ1) is 11.8. The predicted octanol–water partition coefficient (Wildman–Crippen LogP) is 3.02. The molecule has 0 aliphatic heterocycles. The van der Waals surface area contributed by atoms with Crippen molar-refractivity contribution in [3.63, 3.8) is 0 Å². The van der Waals surface area contributed by atoms with E-state index in [-0.39, 0.29) is 5.91 Å². The van der Waals surface area contributed by atoms with Gasteiger partial charge in [0, 0.05) is 12.7 Å². The molecule has 1 aliphatic rings. The van der Waals surface area contributed by atoms with Crippen LogP contribution < -0.4 is 16.2 Å². The molecule has 1 amide bonds. The number of nitrogens with one attached hydrogen (secondary N) is 3. The summed E-state index contributed by atoms with van der Waals surface area (Å²) < 4.78 is 0. The fourth-order valence-corrected chi connectivity index (χ4v) is 3.15. The van der Waals surface area contributed by atoms with Gasteiger partial charge in [-0.3, -0.25) is 10.2 Å². The van der Waals surface area contributed by atoms with Gasteiger partial charge in [-0.25, -0.2) is 10.4 Å². The van der Waals surface area contributed by atoms with Gasteiger partial charge in [-0.2, -0.15) is 0 Å². The molecule has 1 saturated carbocycles. The molecule has 0 unspecified atom stereocenters. The Balaban J connectivity index is 1.64. The Morgan fingerprint density at radius 1 is 1.00 bits per heavy atom. The third-order valence-electron chi connectivity index (χ3n) is 4.51. The molecule has 0 atom stereocenters. The van der Waals surface area contributed by atoms with E-state index >= 15 is 0 Å². The van der Waals surface area contributed by atoms with Gasteiger partial charge in [0.25, 0.3) is 0 Å². The van der Waals surface area contributed by atoms with E-state index in [0.29, 0.717) is 12.4 Å². The van der Waals surface area contributed by atoms with Gasteiger partial charge < -0.3 is 5.32 Å². The van der Waals surface area contributed by atoms with Crippen molar-refractivity contribution in [3.05, 3.63) is 60.3 Å². The van der Waals surface area contributed by atoms with E-state index in [1.807, 2.05) is 36.4 Å². The van der Waals surface area contributed by atoms with Gasteiger partial charge in [0.1, 0.15) is 11.4 Å². The largest absolute Gasteiger partial charge is 0.309 e. The number of nitrogens with zero attached hydrogens (tertiary/aromatic N) is 1. The van der Waals surface area contributed by atoms with Gasteiger partial charge in [0.2, 0.25) is 5.91 Å². The van der Waals surface area contributed by atoms with Crippen LogP contribution in [0.1, 0.15) is 37.7 Å². The van der Waals surface area contributed by atoms with Crippen molar-refractivity contribution >= 4 is 11.7 Å². The molecule has 5 nitrogen and oxygen atoms in total. The summed E-state index contributed by atoms with van der Waals surface area (Å²) in [6.07, 6.45) is 6.62. The van der Waals surface area contributed by atoms with Crippen LogP contribution in [0.3, 0.4) is 0 Å². The van der Waals surface area contributed by atoms with E-state index in [4.69, 9.17) is 0 Å². The number of hydrazine groups is 1. The summed E-state index contributed by atoms with van der Waals surface area (Å²) in [4.78, 5) is 17.1. The Labute approximate surface area is 142 Å². The second-order valence-electron chi connectivity index (χ2n) is 6.28. The minimum Gasteiger partial charge on any atom is -0.309 e. The molecule has 1 aliphatic carbocycles. The van der Waals surface area contributed by atoms with Crippen LogP contribution in [-0.4, -0.2) is 16.4 Å². The summed E-state index contributed by atoms with van der Waals surface area (Å²) in [6, 6.07) is 15.7. The monoisotopic (exact) mass is 324 g/mol. The highest BCUT2D eigenvalue weighted by atomic mass is 16.2. The van der Waals surface area contributed by atoms with Crippen molar-refractivity contribution in [2.45, 2.75) is 44.2 Å². The maximum Gasteiger partial charge on any atom is 0.247 e. The lowest BCUT2D eigenvalue weighted by Crippen LogP contribution is -2.60. The highest BCUT2D eigenvalue weighted by Crippen LogP contribution is 2.29. The van der Waals surface area contributed by atoms with E-state index in [1.54, 1.807) is 6.20 Å². The third kappa shape index (κ3) is 4.19. The maximum atomic E-state index is 12.9. The molecule has 0 bridgehead atoms. The Bertz CT molecular complexity index is 639. The SMILES string of the molecule is O=C(Nc1ccccn1)C1(NNCc2ccccc2)CCCCC1. The van der Waals surface area contributed by atoms with Crippen LogP contribution in [0.25, 0.3) is 0 Å². The van der Waals surface area contributed by atoms with Crippen LogP contribution in [-0.2, 0) is 11.3 Å². The summed E-state index contributed by atoms with van der Waals surface area (Å²) >= 11 is 0. The average Bonchev–Trinajstić information content (AvgIpc) is 2.64. The second-order valence-corrected chi connectivity index (χ2v) is 6.28. The number of carbonyl (C=O) groups is 1. The number of amides is 1. The summed E-state index contributed by atoms with van der Waals surface area (Å²) in [5.41, 5.74) is 7.16. The van der Waals surface area contributed by atoms with E-state index < -0.39 is 5.54 Å². The van der Waals surface area contributed by atoms with Gasteiger partial charge in [-0.15, -0.1) is 0 Å². The molecule has 0 saturated heterocycles. The van der Waals surface area contributed by atoms with Gasteiger partial charge in [-0.1, -0.05) is 55.7 Å². The van der Waals surface area contributed by atoms with Crippen LogP contribution >= 0.6 is 0 Å². The molecule has 0 radical (unpaired) electrons. The smallest absolute Gasteiger partial charge is 0.247 e. The molecule has 5 heteroatoms. The van der Waals surface area contributed by atoms with Gasteiger partial charge in [-0.05, 0) is 30.5 Å². The van der Waals surface area contributed by atoms with Crippen LogP contribution in [0.2, 0.25) is 0 Å². The lowest BCUT2D eigenvalue weighted by atomic mass is 9.81. The number of benzene rings is 1. The number of rotatable bonds is 6. The zero-order valence-corrected chi connectivity index (χ0v) is 13.8. The second kappa shape index (κ2) is 8.04. The summed E-state index contributed by atoms with van der Waals surface area (Å²) in [6.45, 7) is 0.680. The topological polar surface area (TPSA) is 66.0 Å². The predicted molar refractivity (Wildman–Crippen MR) is 95.1 cm³/mol. The fraction of sp³-hybridized carbons (Fsp3) is 0.368. The molecule has 1 heterocycles. The van der Waals surface area contributed by atoms with E-state index in [0.717, 1.165) is 25.7 Å². The molecule has 3 rings (SSSR count). The quantitative estimate of drug-likeness (QED) is 0.715. The highest BCUT2D eigenvalue weighted by molar-refractivity contribution is 5.97. The molecule has 1 aromatic carbocycles. The molecule has 3 N–H and O–H groups in total. The number of hydrogen-bond acceptors (Lipinski definition) is 4. The van der Waals surface area contributed by atoms with E-state index in [2.05, 4.69) is 33.3 Å². The molecule has 24 heavy (non-hydrogen) atoms. The van der Waals surface area contributed by atoms with E-state index in [9.17, 15) is 4.79 Å². The Morgan fingerprint density at radius 2 is 1.75 bits per heavy atom. The van der Waals surface area contributed by atoms with Crippen molar-refractivity contribution in [2.24, 2.45) is 0 Å². The molecule has 126 valence electrons. The first kappa shape index (κ1) is 16.6. The van der Waals surface area contributed by atoms with Crippen molar-refractivity contribution in [2.75, 3.05) is 5.32 Å². The lowest BCUT2D eigenvalue weighted by Gasteiger charge is -2.36. The Kier molecular flexibility index (Phi) is 5.56. The normalized spacial score (nSPS) is 16.5. The molecule has 1 fully saturated rings. The number of aromatic nitrogens is 1. The summed E-state index contributed by atoms with van der Waals surface area (Å²) in [7, 11) is 0. The summed E-state index contributed by atoms with van der Waals surface area (Å²) in [5.74, 6) is 0.582. The van der Waals surface area contributed by atoms with E-state index in [1.165, 1.54) is 12.0 Å². The molecular formula is C19H24N4O. The van der Waals surface area contributed by atoms with Crippen molar-refractivity contribution < 1.29 is 4.79 Å². The van der Waals surface area contributed by atoms with Crippen LogP contribution in [0, 0.1) is 0 Å². The zero-order valence-electron chi connectivity index (χ0n) is 13.8. The fourth-order valence-electron chi connectivity index (χ4n) is 3.15. The van der Waals surface area contributed by atoms with Gasteiger partial charge >= 0.3 is 0 Å². The van der Waals surface area contributed by atoms with Crippen molar-refractivity contribution in [3.8, 4) is 0 Å². The molecule has 2 aromatic rings.